The Labute approximate surface area is 175 Å². The van der Waals surface area contributed by atoms with Crippen LogP contribution in [0.4, 0.5) is 9.52 Å². The number of nitrogens with zero attached hydrogens (tertiary/aromatic N) is 3. The molecule has 1 aliphatic heterocycles. The lowest BCUT2D eigenvalue weighted by Crippen LogP contribution is -3.15. The van der Waals surface area contributed by atoms with Gasteiger partial charge >= 0.3 is 0 Å². The maximum Gasteiger partial charge on any atom is 0.223 e. The molecular formula is C21H29FN5OS+. The van der Waals surface area contributed by atoms with Gasteiger partial charge in [0, 0.05) is 23.9 Å². The minimum atomic E-state index is -0.223. The molecule has 1 aromatic carbocycles. The van der Waals surface area contributed by atoms with Gasteiger partial charge in [-0.3, -0.25) is 4.79 Å². The summed E-state index contributed by atoms with van der Waals surface area (Å²) in [6.45, 7) is 5.76. The monoisotopic (exact) mass is 418 g/mol. The standard InChI is InChI=1S/C21H28FN5OS/c22-18-7-5-16(6-8-18)15-19-24-21(29-25-19)27-13-11-26(12-14-27)10-9-23-20(28)17-3-1-2-4-17/h5-8,17H,1-4,9-15H2,(H,23,28)/p+1. The van der Waals surface area contributed by atoms with Crippen molar-refractivity contribution in [3.63, 3.8) is 0 Å². The number of amides is 1. The fourth-order valence-electron chi connectivity index (χ4n) is 4.19. The van der Waals surface area contributed by atoms with Crippen molar-refractivity contribution in [2.75, 3.05) is 44.2 Å². The lowest BCUT2D eigenvalue weighted by molar-refractivity contribution is -0.899. The summed E-state index contributed by atoms with van der Waals surface area (Å²) in [5.74, 6) is 1.08. The molecule has 1 saturated heterocycles. The first-order valence-electron chi connectivity index (χ1n) is 10.6. The molecule has 2 aromatic rings. The Kier molecular flexibility index (Phi) is 6.71. The molecule has 29 heavy (non-hydrogen) atoms. The number of benzene rings is 1. The average molecular weight is 419 g/mol. The van der Waals surface area contributed by atoms with Gasteiger partial charge in [0.1, 0.15) is 11.6 Å². The van der Waals surface area contributed by atoms with Crippen molar-refractivity contribution in [2.45, 2.75) is 32.1 Å². The molecule has 1 aromatic heterocycles. The normalized spacial score (nSPS) is 18.3. The van der Waals surface area contributed by atoms with Crippen molar-refractivity contribution in [1.82, 2.24) is 14.7 Å². The fraction of sp³-hybridized carbons (Fsp3) is 0.571. The highest BCUT2D eigenvalue weighted by Gasteiger charge is 2.24. The molecule has 2 heterocycles. The molecule has 2 N–H and O–H groups in total. The zero-order chi connectivity index (χ0) is 20.1. The van der Waals surface area contributed by atoms with Crippen LogP contribution in [-0.2, 0) is 11.2 Å². The summed E-state index contributed by atoms with van der Waals surface area (Å²) in [5.41, 5.74) is 1.02. The molecule has 4 rings (SSSR count). The summed E-state index contributed by atoms with van der Waals surface area (Å²) in [6, 6.07) is 6.51. The summed E-state index contributed by atoms with van der Waals surface area (Å²) >= 11 is 1.44. The van der Waals surface area contributed by atoms with E-state index in [1.807, 2.05) is 0 Å². The highest BCUT2D eigenvalue weighted by atomic mass is 32.1. The molecule has 2 fully saturated rings. The molecule has 156 valence electrons. The fourth-order valence-corrected chi connectivity index (χ4v) is 4.93. The topological polar surface area (TPSA) is 62.6 Å². The smallest absolute Gasteiger partial charge is 0.223 e. The van der Waals surface area contributed by atoms with Gasteiger partial charge in [0.05, 0.1) is 39.3 Å². The van der Waals surface area contributed by atoms with Crippen LogP contribution in [0.5, 0.6) is 0 Å². The molecule has 1 aliphatic carbocycles. The first-order valence-corrected chi connectivity index (χ1v) is 11.4. The van der Waals surface area contributed by atoms with Crippen LogP contribution in [0.3, 0.4) is 0 Å². The van der Waals surface area contributed by atoms with Gasteiger partial charge in [0.25, 0.3) is 0 Å². The number of rotatable bonds is 7. The Balaban J connectivity index is 1.19. The van der Waals surface area contributed by atoms with Crippen LogP contribution in [0.1, 0.15) is 37.1 Å². The van der Waals surface area contributed by atoms with Crippen LogP contribution in [-0.4, -0.2) is 54.5 Å². The van der Waals surface area contributed by atoms with E-state index in [2.05, 4.69) is 19.6 Å². The molecule has 0 radical (unpaired) electrons. The molecule has 2 aliphatic rings. The summed E-state index contributed by atoms with van der Waals surface area (Å²) in [5, 5.41) is 4.10. The quantitative estimate of drug-likeness (QED) is 0.711. The van der Waals surface area contributed by atoms with Crippen LogP contribution in [0.15, 0.2) is 24.3 Å². The van der Waals surface area contributed by atoms with Gasteiger partial charge < -0.3 is 15.1 Å². The number of carbonyl (C=O) groups excluding carboxylic acids is 1. The van der Waals surface area contributed by atoms with E-state index in [1.165, 1.54) is 41.4 Å². The Morgan fingerprint density at radius 1 is 1.21 bits per heavy atom. The molecule has 0 spiro atoms. The van der Waals surface area contributed by atoms with Crippen LogP contribution in [0, 0.1) is 11.7 Å². The van der Waals surface area contributed by atoms with Crippen molar-refractivity contribution in [1.29, 1.82) is 0 Å². The predicted octanol–water partition coefficient (Wildman–Crippen LogP) is 1.28. The first kappa shape index (κ1) is 20.2. The van der Waals surface area contributed by atoms with Crippen LogP contribution < -0.4 is 15.1 Å². The zero-order valence-corrected chi connectivity index (χ0v) is 17.5. The van der Waals surface area contributed by atoms with E-state index in [9.17, 15) is 9.18 Å². The van der Waals surface area contributed by atoms with E-state index in [-0.39, 0.29) is 17.6 Å². The van der Waals surface area contributed by atoms with Crippen molar-refractivity contribution in [2.24, 2.45) is 5.92 Å². The number of quaternary nitrogens is 1. The second-order valence-electron chi connectivity index (χ2n) is 8.06. The molecular weight excluding hydrogens is 389 g/mol. The zero-order valence-electron chi connectivity index (χ0n) is 16.7. The Bertz CT molecular complexity index is 798. The number of aromatic nitrogens is 2. The second kappa shape index (κ2) is 9.63. The molecule has 0 unspecified atom stereocenters. The third-order valence-corrected chi connectivity index (χ3v) is 6.79. The van der Waals surface area contributed by atoms with E-state index in [0.717, 1.165) is 68.6 Å². The minimum absolute atomic E-state index is 0.223. The number of carbonyl (C=O) groups is 1. The molecule has 0 bridgehead atoms. The lowest BCUT2D eigenvalue weighted by atomic mass is 10.1. The predicted molar refractivity (Wildman–Crippen MR) is 112 cm³/mol. The van der Waals surface area contributed by atoms with E-state index in [4.69, 9.17) is 0 Å². The average Bonchev–Trinajstić information content (AvgIpc) is 3.43. The summed E-state index contributed by atoms with van der Waals surface area (Å²) < 4.78 is 17.5. The number of piperazine rings is 1. The highest BCUT2D eigenvalue weighted by molar-refractivity contribution is 7.09. The molecule has 1 saturated carbocycles. The van der Waals surface area contributed by atoms with Gasteiger partial charge in [-0.25, -0.2) is 9.37 Å². The third-order valence-electron chi connectivity index (χ3n) is 5.98. The van der Waals surface area contributed by atoms with Crippen LogP contribution in [0.25, 0.3) is 0 Å². The number of halogens is 1. The van der Waals surface area contributed by atoms with Crippen LogP contribution in [0.2, 0.25) is 0 Å². The van der Waals surface area contributed by atoms with Crippen molar-refractivity contribution in [3.05, 3.63) is 41.5 Å². The Hall–Kier alpha value is -2.06. The number of anilines is 1. The van der Waals surface area contributed by atoms with E-state index < -0.39 is 0 Å². The van der Waals surface area contributed by atoms with Crippen molar-refractivity contribution < 1.29 is 14.1 Å². The highest BCUT2D eigenvalue weighted by Crippen LogP contribution is 2.24. The van der Waals surface area contributed by atoms with E-state index in [0.29, 0.717) is 6.42 Å². The maximum atomic E-state index is 13.0. The van der Waals surface area contributed by atoms with Gasteiger partial charge in [0.2, 0.25) is 11.0 Å². The van der Waals surface area contributed by atoms with Gasteiger partial charge in [0.15, 0.2) is 0 Å². The molecule has 6 nitrogen and oxygen atoms in total. The maximum absolute atomic E-state index is 13.0. The summed E-state index contributed by atoms with van der Waals surface area (Å²) in [4.78, 5) is 20.6. The minimum Gasteiger partial charge on any atom is -0.350 e. The van der Waals surface area contributed by atoms with Gasteiger partial charge in [-0.2, -0.15) is 4.37 Å². The molecule has 8 heteroatoms. The van der Waals surface area contributed by atoms with Gasteiger partial charge in [-0.05, 0) is 30.5 Å². The molecule has 0 atom stereocenters. The first-order chi connectivity index (χ1) is 14.2. The SMILES string of the molecule is O=C(NCC[NH+]1CCN(c2nc(Cc3ccc(F)cc3)ns2)CC1)C1CCCC1. The molecule has 1 amide bonds. The van der Waals surface area contributed by atoms with Crippen LogP contribution >= 0.6 is 11.5 Å². The largest absolute Gasteiger partial charge is 0.350 e. The third kappa shape index (κ3) is 5.51. The number of nitrogens with one attached hydrogen (secondary N) is 2. The van der Waals surface area contributed by atoms with Crippen molar-refractivity contribution in [3.8, 4) is 0 Å². The van der Waals surface area contributed by atoms with Crippen molar-refractivity contribution >= 4 is 22.6 Å². The van der Waals surface area contributed by atoms with E-state index in [1.54, 1.807) is 12.1 Å². The summed E-state index contributed by atoms with van der Waals surface area (Å²) in [6.07, 6.45) is 5.14. The van der Waals surface area contributed by atoms with Gasteiger partial charge in [-0.1, -0.05) is 25.0 Å². The summed E-state index contributed by atoms with van der Waals surface area (Å²) in [7, 11) is 0. The Morgan fingerprint density at radius 3 is 2.66 bits per heavy atom. The number of hydrogen-bond acceptors (Lipinski definition) is 5. The lowest BCUT2D eigenvalue weighted by Gasteiger charge is -2.31. The number of hydrogen-bond donors (Lipinski definition) is 2. The Morgan fingerprint density at radius 2 is 1.93 bits per heavy atom. The second-order valence-corrected chi connectivity index (χ2v) is 8.79. The van der Waals surface area contributed by atoms with E-state index >= 15 is 0 Å². The van der Waals surface area contributed by atoms with Gasteiger partial charge in [-0.15, -0.1) is 0 Å².